The Morgan fingerprint density at radius 1 is 1.39 bits per heavy atom. The van der Waals surface area contributed by atoms with E-state index in [-0.39, 0.29) is 11.6 Å². The summed E-state index contributed by atoms with van der Waals surface area (Å²) in [6.07, 6.45) is 1.17. The highest BCUT2D eigenvalue weighted by Crippen LogP contribution is 2.27. The quantitative estimate of drug-likeness (QED) is 0.510. The molecule has 2 N–H and O–H groups in total. The maximum absolute atomic E-state index is 10.7. The normalized spacial score (nSPS) is 10.1. The van der Waals surface area contributed by atoms with E-state index in [2.05, 4.69) is 4.98 Å². The minimum Gasteiger partial charge on any atom is -0.437 e. The molecule has 0 atom stereocenters. The molecule has 0 aliphatic rings. The highest BCUT2D eigenvalue weighted by molar-refractivity contribution is 5.53. The van der Waals surface area contributed by atoms with E-state index in [0.717, 1.165) is 0 Å². The topological polar surface area (TPSA) is 91.3 Å². The van der Waals surface area contributed by atoms with Gasteiger partial charge in [-0.25, -0.2) is 4.98 Å². The molecule has 1 aromatic carbocycles. The zero-order valence-electron chi connectivity index (χ0n) is 9.66. The zero-order valence-corrected chi connectivity index (χ0v) is 9.66. The number of aromatic nitrogens is 1. The van der Waals surface area contributed by atoms with Crippen molar-refractivity contribution in [2.45, 2.75) is 6.92 Å². The molecule has 2 aromatic rings. The number of ether oxygens (including phenoxy) is 1. The monoisotopic (exact) mass is 245 g/mol. The van der Waals surface area contributed by atoms with Crippen LogP contribution < -0.4 is 10.5 Å². The fraction of sp³-hybridized carbons (Fsp3) is 0.0833. The van der Waals surface area contributed by atoms with Gasteiger partial charge in [-0.1, -0.05) is 12.1 Å². The molecular formula is C12H11N3O3. The van der Waals surface area contributed by atoms with Crippen LogP contribution in [0.25, 0.3) is 0 Å². The van der Waals surface area contributed by atoms with E-state index >= 15 is 0 Å². The van der Waals surface area contributed by atoms with E-state index in [1.165, 1.54) is 12.3 Å². The molecule has 92 valence electrons. The van der Waals surface area contributed by atoms with Crippen molar-refractivity contribution in [2.75, 3.05) is 5.73 Å². The summed E-state index contributed by atoms with van der Waals surface area (Å²) in [6.45, 7) is 1.63. The van der Waals surface area contributed by atoms with Gasteiger partial charge >= 0.3 is 0 Å². The van der Waals surface area contributed by atoms with Crippen molar-refractivity contribution in [3.05, 3.63) is 52.2 Å². The number of nitrogens with zero attached hydrogens (tertiary/aromatic N) is 2. The number of pyridine rings is 1. The lowest BCUT2D eigenvalue weighted by Crippen LogP contribution is -1.96. The largest absolute Gasteiger partial charge is 0.437 e. The Balaban J connectivity index is 2.29. The maximum atomic E-state index is 10.7. The summed E-state index contributed by atoms with van der Waals surface area (Å²) in [5, 5.41) is 10.7. The first-order valence-electron chi connectivity index (χ1n) is 5.21. The van der Waals surface area contributed by atoms with Crippen molar-refractivity contribution in [3.63, 3.8) is 0 Å². The summed E-state index contributed by atoms with van der Waals surface area (Å²) in [4.78, 5) is 14.0. The van der Waals surface area contributed by atoms with E-state index in [9.17, 15) is 10.1 Å². The Morgan fingerprint density at radius 2 is 2.11 bits per heavy atom. The second kappa shape index (κ2) is 4.70. The molecular weight excluding hydrogens is 234 g/mol. The average molecular weight is 245 g/mol. The maximum Gasteiger partial charge on any atom is 0.290 e. The standard InChI is InChI=1S/C12H11N3O3/c1-8-6-12(14-7-10(8)15(16)17)18-11-5-3-2-4-9(11)13/h2-7H,13H2,1H3. The van der Waals surface area contributed by atoms with Crippen LogP contribution in [0.1, 0.15) is 5.56 Å². The van der Waals surface area contributed by atoms with Gasteiger partial charge in [-0.15, -0.1) is 0 Å². The number of nitro groups is 1. The van der Waals surface area contributed by atoms with E-state index in [0.29, 0.717) is 17.0 Å². The minimum atomic E-state index is -0.483. The van der Waals surface area contributed by atoms with Gasteiger partial charge in [0.2, 0.25) is 5.88 Å². The molecule has 1 heterocycles. The first-order chi connectivity index (χ1) is 8.58. The van der Waals surface area contributed by atoms with Crippen molar-refractivity contribution in [1.29, 1.82) is 0 Å². The van der Waals surface area contributed by atoms with Gasteiger partial charge in [-0.2, -0.15) is 0 Å². The third-order valence-electron chi connectivity index (χ3n) is 2.39. The average Bonchev–Trinajstić information content (AvgIpc) is 2.32. The second-order valence-corrected chi connectivity index (χ2v) is 3.71. The predicted molar refractivity (Wildman–Crippen MR) is 66.6 cm³/mol. The smallest absolute Gasteiger partial charge is 0.290 e. The molecule has 2 rings (SSSR count). The van der Waals surface area contributed by atoms with Gasteiger partial charge in [0.25, 0.3) is 5.69 Å². The molecule has 0 aliphatic carbocycles. The molecule has 0 amide bonds. The van der Waals surface area contributed by atoms with Crippen LogP contribution in [0.3, 0.4) is 0 Å². The van der Waals surface area contributed by atoms with Crippen LogP contribution >= 0.6 is 0 Å². The van der Waals surface area contributed by atoms with Crippen molar-refractivity contribution < 1.29 is 9.66 Å². The Labute approximate surface area is 103 Å². The van der Waals surface area contributed by atoms with Crippen LogP contribution in [0.4, 0.5) is 11.4 Å². The highest BCUT2D eigenvalue weighted by atomic mass is 16.6. The molecule has 0 saturated heterocycles. The number of anilines is 1. The number of rotatable bonds is 3. The molecule has 0 saturated carbocycles. The fourth-order valence-electron chi connectivity index (χ4n) is 1.46. The van der Waals surface area contributed by atoms with Gasteiger partial charge in [0.15, 0.2) is 5.75 Å². The van der Waals surface area contributed by atoms with Crippen molar-refractivity contribution in [1.82, 2.24) is 4.98 Å². The van der Waals surface area contributed by atoms with Crippen LogP contribution in [0.5, 0.6) is 11.6 Å². The number of hydrogen-bond donors (Lipinski definition) is 1. The Kier molecular flexibility index (Phi) is 3.09. The van der Waals surface area contributed by atoms with Crippen molar-refractivity contribution in [3.8, 4) is 11.6 Å². The molecule has 6 heteroatoms. The van der Waals surface area contributed by atoms with E-state index in [1.54, 1.807) is 31.2 Å². The number of benzene rings is 1. The van der Waals surface area contributed by atoms with Crippen LogP contribution in [-0.2, 0) is 0 Å². The minimum absolute atomic E-state index is 0.0385. The number of hydrogen-bond acceptors (Lipinski definition) is 5. The highest BCUT2D eigenvalue weighted by Gasteiger charge is 2.12. The van der Waals surface area contributed by atoms with Gasteiger partial charge in [0, 0.05) is 11.6 Å². The molecule has 0 aliphatic heterocycles. The van der Waals surface area contributed by atoms with Gasteiger partial charge in [-0.3, -0.25) is 10.1 Å². The lowest BCUT2D eigenvalue weighted by molar-refractivity contribution is -0.385. The van der Waals surface area contributed by atoms with Crippen LogP contribution in [-0.4, -0.2) is 9.91 Å². The summed E-state index contributed by atoms with van der Waals surface area (Å²) < 4.78 is 5.47. The molecule has 1 aromatic heterocycles. The van der Waals surface area contributed by atoms with Gasteiger partial charge in [-0.05, 0) is 19.1 Å². The van der Waals surface area contributed by atoms with Crippen LogP contribution in [0.15, 0.2) is 36.5 Å². The summed E-state index contributed by atoms with van der Waals surface area (Å²) in [5.41, 5.74) is 6.65. The Bertz CT molecular complexity index is 599. The van der Waals surface area contributed by atoms with E-state index < -0.39 is 4.92 Å². The van der Waals surface area contributed by atoms with Crippen LogP contribution in [0.2, 0.25) is 0 Å². The molecule has 0 spiro atoms. The zero-order chi connectivity index (χ0) is 13.1. The summed E-state index contributed by atoms with van der Waals surface area (Å²) in [6, 6.07) is 8.48. The van der Waals surface area contributed by atoms with Crippen LogP contribution in [0, 0.1) is 17.0 Å². The lowest BCUT2D eigenvalue weighted by atomic mass is 10.2. The number of para-hydroxylation sites is 2. The molecule has 18 heavy (non-hydrogen) atoms. The van der Waals surface area contributed by atoms with Crippen molar-refractivity contribution in [2.24, 2.45) is 0 Å². The van der Waals surface area contributed by atoms with E-state index in [4.69, 9.17) is 10.5 Å². The lowest BCUT2D eigenvalue weighted by Gasteiger charge is -2.07. The summed E-state index contributed by atoms with van der Waals surface area (Å²) in [7, 11) is 0. The number of nitrogens with two attached hydrogens (primary N) is 1. The Morgan fingerprint density at radius 3 is 2.72 bits per heavy atom. The third-order valence-corrected chi connectivity index (χ3v) is 2.39. The summed E-state index contributed by atoms with van der Waals surface area (Å²) >= 11 is 0. The summed E-state index contributed by atoms with van der Waals surface area (Å²) in [5.74, 6) is 0.745. The fourth-order valence-corrected chi connectivity index (χ4v) is 1.46. The predicted octanol–water partition coefficient (Wildman–Crippen LogP) is 2.67. The van der Waals surface area contributed by atoms with E-state index in [1.807, 2.05) is 0 Å². The van der Waals surface area contributed by atoms with Gasteiger partial charge < -0.3 is 10.5 Å². The number of nitrogen functional groups attached to an aromatic ring is 1. The second-order valence-electron chi connectivity index (χ2n) is 3.71. The molecule has 0 unspecified atom stereocenters. The molecule has 0 radical (unpaired) electrons. The molecule has 0 fully saturated rings. The SMILES string of the molecule is Cc1cc(Oc2ccccc2N)ncc1[N+](=O)[O-]. The first-order valence-corrected chi connectivity index (χ1v) is 5.21. The van der Waals surface area contributed by atoms with Gasteiger partial charge in [0.05, 0.1) is 10.6 Å². The molecule has 6 nitrogen and oxygen atoms in total. The molecule has 0 bridgehead atoms. The number of aryl methyl sites for hydroxylation is 1. The Hall–Kier alpha value is -2.63. The first kappa shape index (κ1) is 11.8. The van der Waals surface area contributed by atoms with Crippen molar-refractivity contribution >= 4 is 11.4 Å². The van der Waals surface area contributed by atoms with Gasteiger partial charge in [0.1, 0.15) is 6.20 Å². The third kappa shape index (κ3) is 2.37.